The minimum atomic E-state index is -1.02. The molecule has 0 bridgehead atoms. The number of carbonyl (C=O) groups is 1. The molecule has 0 fully saturated rings. The molecule has 0 saturated heterocycles. The second-order valence-corrected chi connectivity index (χ2v) is 5.38. The quantitative estimate of drug-likeness (QED) is 0.873. The predicted octanol–water partition coefficient (Wildman–Crippen LogP) is 2.05. The van der Waals surface area contributed by atoms with E-state index < -0.39 is 5.97 Å². The molecule has 0 saturated carbocycles. The summed E-state index contributed by atoms with van der Waals surface area (Å²) in [5.74, 6) is -1.02. The zero-order valence-corrected chi connectivity index (χ0v) is 10.8. The minimum absolute atomic E-state index is 0.0507. The van der Waals surface area contributed by atoms with Gasteiger partial charge in [-0.25, -0.2) is 9.78 Å². The number of hydrogen-bond acceptors (Lipinski definition) is 5. The lowest BCUT2D eigenvalue weighted by molar-refractivity contribution is 0.0691. The first-order valence-corrected chi connectivity index (χ1v) is 6.47. The number of aliphatic imine (C=N–C) groups is 1. The van der Waals surface area contributed by atoms with E-state index >= 15 is 0 Å². The normalized spacial score (nSPS) is 22.9. The van der Waals surface area contributed by atoms with Gasteiger partial charge in [0.25, 0.3) is 0 Å². The van der Waals surface area contributed by atoms with Crippen molar-refractivity contribution in [1.82, 2.24) is 4.98 Å². The number of rotatable bonds is 4. The van der Waals surface area contributed by atoms with E-state index in [1.54, 1.807) is 0 Å². The highest BCUT2D eigenvalue weighted by Crippen LogP contribution is 2.32. The summed E-state index contributed by atoms with van der Waals surface area (Å²) in [5, 5.41) is 19.9. The number of carboxylic acid groups (broad SMARTS) is 1. The lowest BCUT2D eigenvalue weighted by Crippen LogP contribution is -2.21. The molecule has 0 aromatic carbocycles. The van der Waals surface area contributed by atoms with Gasteiger partial charge < -0.3 is 10.2 Å². The Labute approximate surface area is 109 Å². The molecule has 1 atom stereocenters. The molecule has 2 N–H and O–H groups in total. The van der Waals surface area contributed by atoms with Crippen molar-refractivity contribution in [2.75, 3.05) is 6.61 Å². The molecule has 2 heterocycles. The fourth-order valence-corrected chi connectivity index (χ4v) is 2.50. The number of thiazole rings is 1. The summed E-state index contributed by atoms with van der Waals surface area (Å²) in [4.78, 5) is 19.1. The van der Waals surface area contributed by atoms with Gasteiger partial charge in [-0.15, -0.1) is 11.3 Å². The number of aromatic carboxylic acids is 1. The highest BCUT2D eigenvalue weighted by molar-refractivity contribution is 7.11. The lowest BCUT2D eigenvalue weighted by Gasteiger charge is -2.25. The molecule has 96 valence electrons. The summed E-state index contributed by atoms with van der Waals surface area (Å²) >= 11 is 1.27. The van der Waals surface area contributed by atoms with E-state index in [-0.39, 0.29) is 17.7 Å². The highest BCUT2D eigenvalue weighted by Gasteiger charge is 2.24. The third-order valence-corrected chi connectivity index (χ3v) is 3.77. The van der Waals surface area contributed by atoms with Crippen LogP contribution in [0.25, 0.3) is 5.70 Å². The number of aliphatic hydroxyl groups is 1. The Morgan fingerprint density at radius 2 is 2.39 bits per heavy atom. The van der Waals surface area contributed by atoms with E-state index in [4.69, 9.17) is 10.2 Å². The fourth-order valence-electron chi connectivity index (χ4n) is 1.71. The van der Waals surface area contributed by atoms with Gasteiger partial charge in [-0.3, -0.25) is 4.99 Å². The van der Waals surface area contributed by atoms with Crippen LogP contribution in [-0.2, 0) is 0 Å². The van der Waals surface area contributed by atoms with Crippen LogP contribution in [0, 0.1) is 5.41 Å². The zero-order chi connectivity index (χ0) is 13.2. The van der Waals surface area contributed by atoms with Gasteiger partial charge in [0, 0.05) is 23.6 Å². The number of carboxylic acids is 1. The average molecular weight is 266 g/mol. The molecule has 1 aromatic heterocycles. The molecule has 6 heteroatoms. The largest absolute Gasteiger partial charge is 0.476 e. The van der Waals surface area contributed by atoms with Crippen molar-refractivity contribution in [2.45, 2.75) is 19.8 Å². The topological polar surface area (TPSA) is 82.8 Å². The Morgan fingerprint density at radius 3 is 2.89 bits per heavy atom. The molecule has 1 aliphatic rings. The van der Waals surface area contributed by atoms with Gasteiger partial charge in [-0.2, -0.15) is 0 Å². The summed E-state index contributed by atoms with van der Waals surface area (Å²) in [7, 11) is 0. The number of aliphatic hydroxyl groups excluding tert-OH is 1. The second kappa shape index (κ2) is 4.99. The maximum absolute atomic E-state index is 10.7. The van der Waals surface area contributed by atoms with Gasteiger partial charge in [0.2, 0.25) is 0 Å². The van der Waals surface area contributed by atoms with E-state index in [9.17, 15) is 4.79 Å². The van der Waals surface area contributed by atoms with Gasteiger partial charge in [0.05, 0.1) is 5.70 Å². The SMILES string of the molecule is CC1(CCO)C=NC(c2nc(C(=O)O)cs2)=CC1. The highest BCUT2D eigenvalue weighted by atomic mass is 32.1. The Balaban J connectivity index is 2.15. The number of nitrogens with zero attached hydrogens (tertiary/aromatic N) is 2. The van der Waals surface area contributed by atoms with Gasteiger partial charge in [0.1, 0.15) is 5.01 Å². The first kappa shape index (κ1) is 12.9. The van der Waals surface area contributed by atoms with Crippen LogP contribution in [0.1, 0.15) is 35.3 Å². The van der Waals surface area contributed by atoms with Crippen LogP contribution in [0.5, 0.6) is 0 Å². The van der Waals surface area contributed by atoms with E-state index in [1.807, 2.05) is 19.2 Å². The maximum atomic E-state index is 10.7. The Morgan fingerprint density at radius 1 is 1.61 bits per heavy atom. The maximum Gasteiger partial charge on any atom is 0.355 e. The van der Waals surface area contributed by atoms with Gasteiger partial charge in [-0.05, 0) is 12.8 Å². The average Bonchev–Trinajstić information content (AvgIpc) is 2.79. The molecule has 0 spiro atoms. The Hall–Kier alpha value is -1.53. The third kappa shape index (κ3) is 2.65. The molecule has 2 rings (SSSR count). The molecular weight excluding hydrogens is 252 g/mol. The van der Waals surface area contributed by atoms with Crippen molar-refractivity contribution < 1.29 is 15.0 Å². The molecule has 1 unspecified atom stereocenters. The molecule has 0 amide bonds. The second-order valence-electron chi connectivity index (χ2n) is 4.52. The van der Waals surface area contributed by atoms with Crippen molar-refractivity contribution in [3.05, 3.63) is 22.2 Å². The first-order chi connectivity index (χ1) is 8.54. The van der Waals surface area contributed by atoms with Crippen LogP contribution in [0.4, 0.5) is 0 Å². The Kier molecular flexibility index (Phi) is 3.58. The summed E-state index contributed by atoms with van der Waals surface area (Å²) in [6.07, 6.45) is 5.20. The number of allylic oxidation sites excluding steroid dienone is 1. The molecule has 1 aromatic rings. The molecule has 0 aliphatic carbocycles. The van der Waals surface area contributed by atoms with E-state index in [0.717, 1.165) is 6.42 Å². The smallest absolute Gasteiger partial charge is 0.355 e. The van der Waals surface area contributed by atoms with Gasteiger partial charge in [-0.1, -0.05) is 13.0 Å². The van der Waals surface area contributed by atoms with E-state index in [1.165, 1.54) is 16.7 Å². The van der Waals surface area contributed by atoms with Crippen LogP contribution >= 0.6 is 11.3 Å². The standard InChI is InChI=1S/C12H14N2O3S/c1-12(4-5-15)3-2-8(13-7-12)10-14-9(6-18-10)11(16)17/h2,6-7,15H,3-5H2,1H3,(H,16,17). The van der Waals surface area contributed by atoms with Crippen molar-refractivity contribution in [2.24, 2.45) is 10.4 Å². The first-order valence-electron chi connectivity index (χ1n) is 5.59. The summed E-state index contributed by atoms with van der Waals surface area (Å²) in [6.45, 7) is 2.16. The van der Waals surface area contributed by atoms with E-state index in [0.29, 0.717) is 17.1 Å². The molecule has 5 nitrogen and oxygen atoms in total. The number of hydrogen-bond donors (Lipinski definition) is 2. The lowest BCUT2D eigenvalue weighted by atomic mass is 9.83. The van der Waals surface area contributed by atoms with Crippen LogP contribution in [0.2, 0.25) is 0 Å². The monoisotopic (exact) mass is 266 g/mol. The predicted molar refractivity (Wildman–Crippen MR) is 70.0 cm³/mol. The molecule has 1 aliphatic heterocycles. The Bertz CT molecular complexity index is 521. The van der Waals surface area contributed by atoms with Crippen molar-refractivity contribution in [3.63, 3.8) is 0 Å². The van der Waals surface area contributed by atoms with Crippen LogP contribution < -0.4 is 0 Å². The van der Waals surface area contributed by atoms with Gasteiger partial charge >= 0.3 is 5.97 Å². The zero-order valence-electron chi connectivity index (χ0n) is 9.96. The summed E-state index contributed by atoms with van der Waals surface area (Å²) < 4.78 is 0. The third-order valence-electron chi connectivity index (χ3n) is 2.90. The van der Waals surface area contributed by atoms with Crippen molar-refractivity contribution in [3.8, 4) is 0 Å². The number of aromatic nitrogens is 1. The van der Waals surface area contributed by atoms with Crippen LogP contribution in [-0.4, -0.2) is 34.0 Å². The van der Waals surface area contributed by atoms with Crippen molar-refractivity contribution >= 4 is 29.2 Å². The minimum Gasteiger partial charge on any atom is -0.476 e. The van der Waals surface area contributed by atoms with Crippen LogP contribution in [0.3, 0.4) is 0 Å². The van der Waals surface area contributed by atoms with Crippen molar-refractivity contribution in [1.29, 1.82) is 0 Å². The molecule has 18 heavy (non-hydrogen) atoms. The van der Waals surface area contributed by atoms with Crippen LogP contribution in [0.15, 0.2) is 16.4 Å². The summed E-state index contributed by atoms with van der Waals surface area (Å²) in [5.41, 5.74) is 0.642. The van der Waals surface area contributed by atoms with E-state index in [2.05, 4.69) is 9.98 Å². The van der Waals surface area contributed by atoms with Gasteiger partial charge in [0.15, 0.2) is 5.69 Å². The molecule has 0 radical (unpaired) electrons. The molecular formula is C12H14N2O3S. The summed E-state index contributed by atoms with van der Waals surface area (Å²) in [6, 6.07) is 0. The fraction of sp³-hybridized carbons (Fsp3) is 0.417.